The zero-order valence-electron chi connectivity index (χ0n) is 13.6. The van der Waals surface area contributed by atoms with Crippen LogP contribution in [0.15, 0.2) is 35.2 Å². The van der Waals surface area contributed by atoms with Gasteiger partial charge < -0.3 is 0 Å². The van der Waals surface area contributed by atoms with Crippen molar-refractivity contribution in [3.63, 3.8) is 0 Å². The van der Waals surface area contributed by atoms with Crippen molar-refractivity contribution in [3.8, 4) is 0 Å². The molecule has 122 valence electrons. The maximum atomic E-state index is 11.3. The minimum atomic E-state index is -4.17. The molecule has 0 spiro atoms. The van der Waals surface area contributed by atoms with Gasteiger partial charge in [-0.3, -0.25) is 0 Å². The van der Waals surface area contributed by atoms with E-state index in [-0.39, 0.29) is 24.8 Å². The fourth-order valence-electron chi connectivity index (χ4n) is 2.88. The van der Waals surface area contributed by atoms with E-state index in [9.17, 15) is 13.0 Å². The second-order valence-corrected chi connectivity index (χ2v) is 10.2. The first kappa shape index (κ1) is 16.7. The first-order chi connectivity index (χ1) is 10.6. The molecule has 6 heteroatoms. The Labute approximate surface area is 142 Å². The molecule has 4 nitrogen and oxygen atoms in total. The second kappa shape index (κ2) is 5.42. The van der Waals surface area contributed by atoms with Crippen LogP contribution in [0.1, 0.15) is 32.3 Å². The van der Waals surface area contributed by atoms with Gasteiger partial charge in [0.1, 0.15) is 0 Å². The monoisotopic (exact) mass is 398 g/mol. The van der Waals surface area contributed by atoms with Crippen molar-refractivity contribution >= 4 is 45.2 Å². The van der Waals surface area contributed by atoms with Crippen molar-refractivity contribution in [1.29, 1.82) is 0 Å². The third kappa shape index (κ3) is 2.85. The summed E-state index contributed by atoms with van der Waals surface area (Å²) in [6.45, 7) is 9.78. The van der Waals surface area contributed by atoms with Gasteiger partial charge in [-0.05, 0) is 0 Å². The fourth-order valence-corrected chi connectivity index (χ4v) is 6.37. The van der Waals surface area contributed by atoms with Crippen LogP contribution in [0.5, 0.6) is 0 Å². The Hall–Kier alpha value is -1.20. The number of hydrogen-bond donors (Lipinski definition) is 1. The molecule has 0 fully saturated rings. The molecule has 3 aromatic rings. The van der Waals surface area contributed by atoms with Crippen LogP contribution >= 0.6 is 0 Å². The molecule has 0 unspecified atom stereocenters. The number of rotatable bonds is 2. The molecule has 1 N–H and O–H groups in total. The van der Waals surface area contributed by atoms with Crippen molar-refractivity contribution in [2.75, 3.05) is 0 Å². The number of aromatic nitrogens is 1. The number of hydrogen-bond acceptors (Lipinski definition) is 2. The summed E-state index contributed by atoms with van der Waals surface area (Å²) < 4.78 is 37.0. The normalized spacial score (nSPS) is 13.1. The van der Waals surface area contributed by atoms with E-state index in [2.05, 4.69) is 38.3 Å². The van der Waals surface area contributed by atoms with E-state index in [1.54, 1.807) is 6.07 Å². The second-order valence-electron chi connectivity index (χ2n) is 6.67. The average molecular weight is 397 g/mol. The summed E-state index contributed by atoms with van der Waals surface area (Å²) in [5.41, 5.74) is 1.33. The van der Waals surface area contributed by atoms with Gasteiger partial charge in [-0.15, -0.1) is 0 Å². The first-order valence-corrected chi connectivity index (χ1v) is 10.7. The van der Waals surface area contributed by atoms with Gasteiger partial charge in [0.25, 0.3) is 0 Å². The predicted octanol–water partition coefficient (Wildman–Crippen LogP) is 2.90. The van der Waals surface area contributed by atoms with Crippen LogP contribution in [0.2, 0.25) is 0 Å². The molecule has 1 aromatic heterocycles. The Balaban J connectivity index is 2.38. The summed E-state index contributed by atoms with van der Waals surface area (Å²) in [5, 5.41) is 1.93. The summed E-state index contributed by atoms with van der Waals surface area (Å²) in [6.07, 6.45) is 0. The summed E-state index contributed by atoms with van der Waals surface area (Å²) >= 11 is 0.211. The Kier molecular flexibility index (Phi) is 3.92. The van der Waals surface area contributed by atoms with Gasteiger partial charge in [0.15, 0.2) is 0 Å². The number of benzene rings is 2. The van der Waals surface area contributed by atoms with E-state index in [1.165, 1.54) is 20.4 Å². The van der Waals surface area contributed by atoms with Crippen LogP contribution < -0.4 is 4.57 Å². The van der Waals surface area contributed by atoms with Crippen LogP contribution in [-0.2, 0) is 22.1 Å². The molecule has 0 amide bonds. The number of aryl methyl sites for hydroxylation is 1. The Morgan fingerprint density at radius 1 is 1.17 bits per heavy atom. The van der Waals surface area contributed by atoms with Gasteiger partial charge in [-0.1, -0.05) is 0 Å². The summed E-state index contributed by atoms with van der Waals surface area (Å²) in [6, 6.07) is 8.85. The standard InChI is InChI=1S/C17H19NO3SSe/c1-5-18-14-9-6-11-10-12(22(19,20)21)7-8-13(11)15(14)23-16(18)17(2,3)4/h6-10H,5H2,1-4H3/p+1. The Morgan fingerprint density at radius 3 is 2.43 bits per heavy atom. The molecule has 0 bridgehead atoms. The Morgan fingerprint density at radius 2 is 1.87 bits per heavy atom. The zero-order valence-corrected chi connectivity index (χ0v) is 16.2. The molecule has 23 heavy (non-hydrogen) atoms. The van der Waals surface area contributed by atoms with Gasteiger partial charge in [0, 0.05) is 0 Å². The quantitative estimate of drug-likeness (QED) is 0.411. The minimum absolute atomic E-state index is 0.0529. The SMILES string of the molecule is CC[n+]1c(C(C)(C)C)[se]c2c3ccc(S(=O)(=O)O)cc3ccc21. The molecule has 0 aliphatic carbocycles. The van der Waals surface area contributed by atoms with Crippen molar-refractivity contribution < 1.29 is 17.5 Å². The topological polar surface area (TPSA) is 58.2 Å². The zero-order chi connectivity index (χ0) is 17.0. The van der Waals surface area contributed by atoms with E-state index in [1.807, 2.05) is 12.1 Å². The van der Waals surface area contributed by atoms with Crippen LogP contribution in [0, 0.1) is 0 Å². The molecule has 0 radical (unpaired) electrons. The van der Waals surface area contributed by atoms with Crippen molar-refractivity contribution in [2.45, 2.75) is 44.6 Å². The molecule has 0 atom stereocenters. The molecule has 3 rings (SSSR count). The number of nitrogens with zero attached hydrogens (tertiary/aromatic N) is 1. The van der Waals surface area contributed by atoms with Crippen LogP contribution in [0.25, 0.3) is 20.5 Å². The van der Waals surface area contributed by atoms with Crippen molar-refractivity contribution in [2.24, 2.45) is 0 Å². The molecular formula is C17H20NO3SSe+. The molecule has 0 aliphatic rings. The van der Waals surface area contributed by atoms with Gasteiger partial charge >= 0.3 is 142 Å². The maximum absolute atomic E-state index is 11.3. The average Bonchev–Trinajstić information content (AvgIpc) is 2.84. The fraction of sp³-hybridized carbons (Fsp3) is 0.353. The summed E-state index contributed by atoms with van der Waals surface area (Å²) in [4.78, 5) is -0.0529. The predicted molar refractivity (Wildman–Crippen MR) is 92.8 cm³/mol. The van der Waals surface area contributed by atoms with Gasteiger partial charge in [0.2, 0.25) is 0 Å². The molecular weight excluding hydrogens is 377 g/mol. The van der Waals surface area contributed by atoms with E-state index in [0.29, 0.717) is 0 Å². The van der Waals surface area contributed by atoms with Gasteiger partial charge in [0.05, 0.1) is 0 Å². The van der Waals surface area contributed by atoms with Crippen molar-refractivity contribution in [3.05, 3.63) is 34.9 Å². The summed E-state index contributed by atoms with van der Waals surface area (Å²) in [5.74, 6) is 0. The Bertz CT molecular complexity index is 1010. The van der Waals surface area contributed by atoms with E-state index in [0.717, 1.165) is 17.3 Å². The third-order valence-electron chi connectivity index (χ3n) is 3.91. The molecule has 2 aromatic carbocycles. The third-order valence-corrected chi connectivity index (χ3v) is 8.24. The van der Waals surface area contributed by atoms with Crippen LogP contribution in [-0.4, -0.2) is 27.5 Å². The van der Waals surface area contributed by atoms with E-state index >= 15 is 0 Å². The van der Waals surface area contributed by atoms with Gasteiger partial charge in [-0.25, -0.2) is 0 Å². The van der Waals surface area contributed by atoms with Crippen LogP contribution in [0.3, 0.4) is 0 Å². The van der Waals surface area contributed by atoms with Crippen molar-refractivity contribution in [1.82, 2.24) is 0 Å². The number of fused-ring (bicyclic) bond motifs is 3. The van der Waals surface area contributed by atoms with Crippen LogP contribution in [0.4, 0.5) is 0 Å². The van der Waals surface area contributed by atoms with E-state index in [4.69, 9.17) is 0 Å². The molecule has 0 aliphatic heterocycles. The molecule has 0 saturated carbocycles. The molecule has 0 saturated heterocycles. The van der Waals surface area contributed by atoms with Gasteiger partial charge in [-0.2, -0.15) is 0 Å². The summed E-state index contributed by atoms with van der Waals surface area (Å²) in [7, 11) is -4.17. The molecule has 1 heterocycles. The van der Waals surface area contributed by atoms with E-state index < -0.39 is 10.1 Å². The first-order valence-electron chi connectivity index (χ1n) is 7.50.